The number of anilines is 1. The Hall–Kier alpha value is -2.29. The van der Waals surface area contributed by atoms with Gasteiger partial charge in [0.25, 0.3) is 0 Å². The van der Waals surface area contributed by atoms with E-state index in [4.69, 9.17) is 23.2 Å². The van der Waals surface area contributed by atoms with Gasteiger partial charge in [-0.3, -0.25) is 13.9 Å². The highest BCUT2D eigenvalue weighted by molar-refractivity contribution is 7.92. The molecular weight excluding hydrogens is 497 g/mol. The van der Waals surface area contributed by atoms with E-state index in [0.29, 0.717) is 12.8 Å². The number of amides is 2. The largest absolute Gasteiger partial charge is 0.352 e. The Balaban J connectivity index is 2.38. The van der Waals surface area contributed by atoms with Gasteiger partial charge in [0.05, 0.1) is 22.0 Å². The fraction of sp³-hybridized carbons (Fsp3) is 0.417. The van der Waals surface area contributed by atoms with Crippen LogP contribution in [0.2, 0.25) is 10.0 Å². The first-order valence-electron chi connectivity index (χ1n) is 11.0. The molecule has 2 rings (SSSR count). The molecule has 7 nitrogen and oxygen atoms in total. The summed E-state index contributed by atoms with van der Waals surface area (Å²) in [4.78, 5) is 27.9. The second-order valence-corrected chi connectivity index (χ2v) is 11.0. The monoisotopic (exact) mass is 527 g/mol. The number of benzene rings is 2. The van der Waals surface area contributed by atoms with E-state index in [1.54, 1.807) is 0 Å². The maximum atomic E-state index is 13.5. The molecular formula is C24H31Cl2N3O4S. The maximum Gasteiger partial charge on any atom is 0.244 e. The molecule has 2 amide bonds. The highest BCUT2D eigenvalue weighted by atomic mass is 35.5. The van der Waals surface area contributed by atoms with Crippen LogP contribution in [-0.2, 0) is 26.0 Å². The lowest BCUT2D eigenvalue weighted by molar-refractivity contribution is -0.139. The standard InChI is InChI=1S/C24H31Cl2N3O4S/c1-5-22(24(31)27-17(2)3)28(14-13-18-9-7-6-8-10-18)23(30)16-29(34(4,32)33)19-11-12-20(25)21(26)15-19/h6-12,15,17,22H,5,13-14,16H2,1-4H3,(H,27,31). The van der Waals surface area contributed by atoms with Crippen LogP contribution < -0.4 is 9.62 Å². The van der Waals surface area contributed by atoms with E-state index in [2.05, 4.69) is 5.32 Å². The van der Waals surface area contributed by atoms with E-state index in [0.717, 1.165) is 16.1 Å². The summed E-state index contributed by atoms with van der Waals surface area (Å²) < 4.78 is 26.1. The smallest absolute Gasteiger partial charge is 0.244 e. The van der Waals surface area contributed by atoms with Gasteiger partial charge < -0.3 is 10.2 Å². The Kier molecular flexibility index (Phi) is 10.2. The molecule has 0 spiro atoms. The summed E-state index contributed by atoms with van der Waals surface area (Å²) in [6.45, 7) is 5.29. The van der Waals surface area contributed by atoms with Gasteiger partial charge in [-0.15, -0.1) is 0 Å². The zero-order valence-electron chi connectivity index (χ0n) is 19.8. The summed E-state index contributed by atoms with van der Waals surface area (Å²) in [6, 6.07) is 13.1. The molecule has 2 aromatic carbocycles. The van der Waals surface area contributed by atoms with Crippen molar-refractivity contribution in [1.29, 1.82) is 0 Å². The van der Waals surface area contributed by atoms with E-state index in [-0.39, 0.29) is 34.2 Å². The molecule has 34 heavy (non-hydrogen) atoms. The minimum absolute atomic E-state index is 0.101. The molecule has 0 radical (unpaired) electrons. The van der Waals surface area contributed by atoms with Crippen LogP contribution in [0.25, 0.3) is 0 Å². The van der Waals surface area contributed by atoms with Gasteiger partial charge in [0, 0.05) is 12.6 Å². The van der Waals surface area contributed by atoms with Crippen LogP contribution in [0.1, 0.15) is 32.8 Å². The van der Waals surface area contributed by atoms with Crippen molar-refractivity contribution < 1.29 is 18.0 Å². The Morgan fingerprint density at radius 3 is 2.21 bits per heavy atom. The number of nitrogens with zero attached hydrogens (tertiary/aromatic N) is 2. The van der Waals surface area contributed by atoms with Crippen molar-refractivity contribution in [2.24, 2.45) is 0 Å². The van der Waals surface area contributed by atoms with Crippen molar-refractivity contribution in [3.63, 3.8) is 0 Å². The van der Waals surface area contributed by atoms with Crippen LogP contribution in [0.15, 0.2) is 48.5 Å². The molecule has 0 aliphatic rings. The van der Waals surface area contributed by atoms with E-state index >= 15 is 0 Å². The number of hydrogen-bond acceptors (Lipinski definition) is 4. The molecule has 0 fully saturated rings. The average Bonchev–Trinajstić information content (AvgIpc) is 2.76. The Morgan fingerprint density at radius 2 is 1.68 bits per heavy atom. The normalized spacial score (nSPS) is 12.3. The van der Waals surface area contributed by atoms with E-state index in [9.17, 15) is 18.0 Å². The lowest BCUT2D eigenvalue weighted by Crippen LogP contribution is -2.54. The minimum atomic E-state index is -3.83. The number of nitrogens with one attached hydrogen (secondary N) is 1. The molecule has 1 unspecified atom stereocenters. The zero-order chi connectivity index (χ0) is 25.5. The molecule has 2 aromatic rings. The molecule has 0 saturated heterocycles. The summed E-state index contributed by atoms with van der Waals surface area (Å²) in [5.74, 6) is -0.766. The Morgan fingerprint density at radius 1 is 1.03 bits per heavy atom. The highest BCUT2D eigenvalue weighted by Crippen LogP contribution is 2.28. The van der Waals surface area contributed by atoms with Crippen LogP contribution in [0.5, 0.6) is 0 Å². The summed E-state index contributed by atoms with van der Waals surface area (Å²) in [6.07, 6.45) is 1.91. The number of carbonyl (C=O) groups excluding carboxylic acids is 2. The number of hydrogen-bond donors (Lipinski definition) is 1. The van der Waals surface area contributed by atoms with Gasteiger partial charge in [-0.2, -0.15) is 0 Å². The van der Waals surface area contributed by atoms with Gasteiger partial charge in [0.1, 0.15) is 12.6 Å². The molecule has 0 aliphatic heterocycles. The summed E-state index contributed by atoms with van der Waals surface area (Å²) in [5, 5.41) is 3.30. The minimum Gasteiger partial charge on any atom is -0.352 e. The van der Waals surface area contributed by atoms with E-state index in [1.165, 1.54) is 23.1 Å². The first-order valence-corrected chi connectivity index (χ1v) is 13.6. The molecule has 0 aromatic heterocycles. The fourth-order valence-electron chi connectivity index (χ4n) is 3.53. The molecule has 1 atom stereocenters. The van der Waals surface area contributed by atoms with Crippen molar-refractivity contribution in [3.8, 4) is 0 Å². The van der Waals surface area contributed by atoms with E-state index in [1.807, 2.05) is 51.1 Å². The second kappa shape index (κ2) is 12.4. The van der Waals surface area contributed by atoms with Gasteiger partial charge in [-0.05, 0) is 50.5 Å². The number of halogens is 2. The lowest BCUT2D eigenvalue weighted by atomic mass is 10.1. The third-order valence-corrected chi connectivity index (χ3v) is 7.05. The van der Waals surface area contributed by atoms with Crippen molar-refractivity contribution in [1.82, 2.24) is 10.2 Å². The number of rotatable bonds is 11. The first kappa shape index (κ1) is 28.0. The molecule has 0 heterocycles. The van der Waals surface area contributed by atoms with Crippen LogP contribution in [0.3, 0.4) is 0 Å². The van der Waals surface area contributed by atoms with Gasteiger partial charge in [-0.1, -0.05) is 60.5 Å². The Labute approximate surface area is 212 Å². The zero-order valence-corrected chi connectivity index (χ0v) is 22.1. The number of sulfonamides is 1. The van der Waals surface area contributed by atoms with Crippen LogP contribution in [0, 0.1) is 0 Å². The summed E-state index contributed by atoms with van der Waals surface area (Å²) in [5.41, 5.74) is 1.22. The van der Waals surface area contributed by atoms with Crippen molar-refractivity contribution in [2.45, 2.75) is 45.7 Å². The predicted molar refractivity (Wildman–Crippen MR) is 138 cm³/mol. The van der Waals surface area contributed by atoms with Gasteiger partial charge in [0.2, 0.25) is 21.8 Å². The fourth-order valence-corrected chi connectivity index (χ4v) is 4.66. The van der Waals surface area contributed by atoms with Gasteiger partial charge in [0.15, 0.2) is 0 Å². The van der Waals surface area contributed by atoms with Crippen molar-refractivity contribution in [2.75, 3.05) is 23.7 Å². The molecule has 0 aliphatic carbocycles. The predicted octanol–water partition coefficient (Wildman–Crippen LogP) is 4.13. The molecule has 0 saturated carbocycles. The topological polar surface area (TPSA) is 86.8 Å². The number of carbonyl (C=O) groups is 2. The second-order valence-electron chi connectivity index (χ2n) is 8.28. The van der Waals surface area contributed by atoms with Crippen molar-refractivity contribution >= 4 is 50.7 Å². The van der Waals surface area contributed by atoms with Crippen molar-refractivity contribution in [3.05, 3.63) is 64.1 Å². The molecule has 186 valence electrons. The summed E-state index contributed by atoms with van der Waals surface area (Å²) in [7, 11) is -3.83. The highest BCUT2D eigenvalue weighted by Gasteiger charge is 2.31. The average molecular weight is 529 g/mol. The third kappa shape index (κ3) is 7.89. The molecule has 0 bridgehead atoms. The lowest BCUT2D eigenvalue weighted by Gasteiger charge is -2.33. The molecule has 1 N–H and O–H groups in total. The SMILES string of the molecule is CCC(C(=O)NC(C)C)N(CCc1ccccc1)C(=O)CN(c1ccc(Cl)c(Cl)c1)S(C)(=O)=O. The van der Waals surface area contributed by atoms with Gasteiger partial charge >= 0.3 is 0 Å². The van der Waals surface area contributed by atoms with E-state index < -0.39 is 28.5 Å². The Bertz CT molecular complexity index is 1090. The first-order chi connectivity index (χ1) is 15.9. The van der Waals surface area contributed by atoms with Gasteiger partial charge in [-0.25, -0.2) is 8.42 Å². The van der Waals surface area contributed by atoms with Crippen LogP contribution in [0.4, 0.5) is 5.69 Å². The third-order valence-electron chi connectivity index (χ3n) is 5.17. The van der Waals surface area contributed by atoms with Crippen LogP contribution in [-0.4, -0.2) is 56.6 Å². The summed E-state index contributed by atoms with van der Waals surface area (Å²) >= 11 is 12.1. The van der Waals surface area contributed by atoms with Crippen LogP contribution >= 0.6 is 23.2 Å². The molecule has 10 heteroatoms. The maximum absolute atomic E-state index is 13.5. The quantitative estimate of drug-likeness (QED) is 0.475.